The van der Waals surface area contributed by atoms with E-state index in [0.717, 1.165) is 44.4 Å². The summed E-state index contributed by atoms with van der Waals surface area (Å²) >= 11 is 1.47. The highest BCUT2D eigenvalue weighted by Crippen LogP contribution is 2.36. The lowest BCUT2D eigenvalue weighted by atomic mass is 10.0. The molecule has 0 radical (unpaired) electrons. The summed E-state index contributed by atoms with van der Waals surface area (Å²) in [5, 5.41) is 3.35. The number of hydrogen-bond donors (Lipinski definition) is 1. The second-order valence-corrected chi connectivity index (χ2v) is 7.90. The Kier molecular flexibility index (Phi) is 5.77. The molecule has 0 aliphatic carbocycles. The van der Waals surface area contributed by atoms with E-state index in [4.69, 9.17) is 4.74 Å². The molecule has 0 aliphatic rings. The van der Waals surface area contributed by atoms with Gasteiger partial charge in [-0.05, 0) is 79.0 Å². The molecular formula is C24H22FN3OS. The summed E-state index contributed by atoms with van der Waals surface area (Å²) in [4.78, 5) is 5.63. The van der Waals surface area contributed by atoms with Crippen LogP contribution < -0.4 is 10.1 Å². The van der Waals surface area contributed by atoms with Crippen LogP contribution in [0.4, 0.5) is 10.2 Å². The molecule has 6 heteroatoms. The Labute approximate surface area is 179 Å². The van der Waals surface area contributed by atoms with Crippen LogP contribution in [0.25, 0.3) is 21.6 Å². The minimum absolute atomic E-state index is 0.0196. The standard InChI is InChI=1S/C24H22FN3OS/c1-15-12-23(30-28-15)21-10-6-18(13-22(21)29-3)19-7-11-24(26-14-19)27-16(2)17-4-8-20(25)9-5-17/h4-14,16H,1-3H3,(H,26,27)/t16-/m0/s1. The third kappa shape index (κ3) is 4.33. The summed E-state index contributed by atoms with van der Waals surface area (Å²) in [7, 11) is 1.68. The van der Waals surface area contributed by atoms with Gasteiger partial charge in [0.1, 0.15) is 17.4 Å². The number of ether oxygens (including phenoxy) is 1. The fourth-order valence-corrected chi connectivity index (χ4v) is 4.06. The average molecular weight is 420 g/mol. The number of pyridine rings is 1. The van der Waals surface area contributed by atoms with Crippen molar-refractivity contribution in [2.24, 2.45) is 0 Å². The van der Waals surface area contributed by atoms with Crippen molar-refractivity contribution in [1.82, 2.24) is 9.36 Å². The van der Waals surface area contributed by atoms with Crippen LogP contribution in [-0.4, -0.2) is 16.5 Å². The zero-order valence-electron chi connectivity index (χ0n) is 17.0. The molecule has 4 aromatic rings. The maximum absolute atomic E-state index is 13.1. The summed E-state index contributed by atoms with van der Waals surface area (Å²) in [6, 6.07) is 18.7. The molecule has 4 rings (SSSR count). The first kappa shape index (κ1) is 20.0. The lowest BCUT2D eigenvalue weighted by Crippen LogP contribution is -2.07. The highest BCUT2D eigenvalue weighted by Gasteiger charge is 2.11. The highest BCUT2D eigenvalue weighted by molar-refractivity contribution is 7.09. The quantitative estimate of drug-likeness (QED) is 0.387. The molecular weight excluding hydrogens is 397 g/mol. The molecule has 152 valence electrons. The maximum Gasteiger partial charge on any atom is 0.128 e. The molecule has 0 saturated heterocycles. The van der Waals surface area contributed by atoms with Crippen molar-refractivity contribution in [3.8, 4) is 27.3 Å². The molecule has 0 bridgehead atoms. The number of halogens is 1. The number of aryl methyl sites for hydroxylation is 1. The van der Waals surface area contributed by atoms with Gasteiger partial charge in [-0.2, -0.15) is 4.37 Å². The fraction of sp³-hybridized carbons (Fsp3) is 0.167. The summed E-state index contributed by atoms with van der Waals surface area (Å²) in [5.41, 5.74) is 5.07. The smallest absolute Gasteiger partial charge is 0.128 e. The third-order valence-corrected chi connectivity index (χ3v) is 5.84. The average Bonchev–Trinajstić information content (AvgIpc) is 3.20. The number of benzene rings is 2. The van der Waals surface area contributed by atoms with Crippen LogP contribution in [0.3, 0.4) is 0 Å². The molecule has 2 aromatic heterocycles. The first-order valence-corrected chi connectivity index (χ1v) is 10.4. The van der Waals surface area contributed by atoms with E-state index in [1.807, 2.05) is 38.2 Å². The third-order valence-electron chi connectivity index (χ3n) is 4.93. The Morgan fingerprint density at radius 1 is 1.00 bits per heavy atom. The minimum Gasteiger partial charge on any atom is -0.496 e. The van der Waals surface area contributed by atoms with Gasteiger partial charge in [-0.15, -0.1) is 0 Å². The maximum atomic E-state index is 13.1. The second kappa shape index (κ2) is 8.63. The van der Waals surface area contributed by atoms with Crippen molar-refractivity contribution in [3.05, 3.63) is 83.9 Å². The van der Waals surface area contributed by atoms with Gasteiger partial charge in [-0.1, -0.05) is 18.2 Å². The van der Waals surface area contributed by atoms with Crippen LogP contribution >= 0.6 is 11.5 Å². The van der Waals surface area contributed by atoms with E-state index in [1.54, 1.807) is 19.2 Å². The number of aromatic nitrogens is 2. The van der Waals surface area contributed by atoms with Crippen molar-refractivity contribution in [2.45, 2.75) is 19.9 Å². The van der Waals surface area contributed by atoms with Gasteiger partial charge in [0.25, 0.3) is 0 Å². The molecule has 0 spiro atoms. The van der Waals surface area contributed by atoms with E-state index in [1.165, 1.54) is 23.7 Å². The molecule has 4 nitrogen and oxygen atoms in total. The Bertz CT molecular complexity index is 1140. The van der Waals surface area contributed by atoms with Crippen LogP contribution in [0, 0.1) is 12.7 Å². The molecule has 0 aliphatic heterocycles. The van der Waals surface area contributed by atoms with Crippen molar-refractivity contribution in [2.75, 3.05) is 12.4 Å². The van der Waals surface area contributed by atoms with Crippen molar-refractivity contribution >= 4 is 17.4 Å². The van der Waals surface area contributed by atoms with Crippen LogP contribution in [0.15, 0.2) is 66.9 Å². The number of anilines is 1. The Hall–Kier alpha value is -3.25. The van der Waals surface area contributed by atoms with Crippen molar-refractivity contribution in [3.63, 3.8) is 0 Å². The molecule has 0 amide bonds. The van der Waals surface area contributed by atoms with Crippen molar-refractivity contribution in [1.29, 1.82) is 0 Å². The van der Waals surface area contributed by atoms with Gasteiger partial charge in [0, 0.05) is 23.4 Å². The zero-order chi connectivity index (χ0) is 21.1. The van der Waals surface area contributed by atoms with Crippen molar-refractivity contribution < 1.29 is 9.13 Å². The Balaban J connectivity index is 1.53. The van der Waals surface area contributed by atoms with Crippen LogP contribution in [0.1, 0.15) is 24.2 Å². The van der Waals surface area contributed by atoms with Gasteiger partial charge in [0.2, 0.25) is 0 Å². The SMILES string of the molecule is COc1cc(-c2ccc(N[C@@H](C)c3ccc(F)cc3)nc2)ccc1-c1cc(C)ns1. The zero-order valence-corrected chi connectivity index (χ0v) is 17.8. The highest BCUT2D eigenvalue weighted by atomic mass is 32.1. The predicted molar refractivity (Wildman–Crippen MR) is 121 cm³/mol. The molecule has 2 heterocycles. The molecule has 0 fully saturated rings. The summed E-state index contributed by atoms with van der Waals surface area (Å²) in [6.07, 6.45) is 1.84. The van der Waals surface area contributed by atoms with E-state index in [2.05, 4.69) is 32.9 Å². The van der Waals surface area contributed by atoms with Gasteiger partial charge in [0.05, 0.1) is 17.7 Å². The van der Waals surface area contributed by atoms with E-state index in [0.29, 0.717) is 0 Å². The lowest BCUT2D eigenvalue weighted by Gasteiger charge is -2.15. The number of nitrogens with one attached hydrogen (secondary N) is 1. The number of rotatable bonds is 6. The lowest BCUT2D eigenvalue weighted by molar-refractivity contribution is 0.416. The Morgan fingerprint density at radius 3 is 2.40 bits per heavy atom. The first-order valence-electron chi connectivity index (χ1n) is 9.63. The largest absolute Gasteiger partial charge is 0.496 e. The monoisotopic (exact) mass is 419 g/mol. The molecule has 2 aromatic carbocycles. The molecule has 0 unspecified atom stereocenters. The minimum atomic E-state index is -0.236. The summed E-state index contributed by atoms with van der Waals surface area (Å²) < 4.78 is 23.1. The number of nitrogens with zero attached hydrogens (tertiary/aromatic N) is 2. The van der Waals surface area contributed by atoms with E-state index in [9.17, 15) is 4.39 Å². The number of methoxy groups -OCH3 is 1. The number of hydrogen-bond acceptors (Lipinski definition) is 5. The van der Waals surface area contributed by atoms with Crippen LogP contribution in [0.5, 0.6) is 5.75 Å². The molecule has 1 N–H and O–H groups in total. The van der Waals surface area contributed by atoms with E-state index < -0.39 is 0 Å². The van der Waals surface area contributed by atoms with Gasteiger partial charge in [0.15, 0.2) is 0 Å². The fourth-order valence-electron chi connectivity index (χ4n) is 3.27. The van der Waals surface area contributed by atoms with Crippen LogP contribution in [0.2, 0.25) is 0 Å². The van der Waals surface area contributed by atoms with Gasteiger partial charge < -0.3 is 10.1 Å². The first-order chi connectivity index (χ1) is 14.5. The normalized spacial score (nSPS) is 11.9. The van der Waals surface area contributed by atoms with Gasteiger partial charge in [-0.25, -0.2) is 9.37 Å². The van der Waals surface area contributed by atoms with Gasteiger partial charge in [-0.3, -0.25) is 0 Å². The van der Waals surface area contributed by atoms with E-state index in [-0.39, 0.29) is 11.9 Å². The summed E-state index contributed by atoms with van der Waals surface area (Å²) in [6.45, 7) is 4.01. The predicted octanol–water partition coefficient (Wildman–Crippen LogP) is 6.50. The molecule has 1 atom stereocenters. The van der Waals surface area contributed by atoms with Crippen LogP contribution in [-0.2, 0) is 0 Å². The molecule has 0 saturated carbocycles. The summed E-state index contributed by atoms with van der Waals surface area (Å²) in [5.74, 6) is 1.34. The topological polar surface area (TPSA) is 47.0 Å². The second-order valence-electron chi connectivity index (χ2n) is 7.10. The van der Waals surface area contributed by atoms with Gasteiger partial charge >= 0.3 is 0 Å². The molecule has 30 heavy (non-hydrogen) atoms. The van der Waals surface area contributed by atoms with E-state index >= 15 is 0 Å². The Morgan fingerprint density at radius 2 is 1.77 bits per heavy atom.